The van der Waals surface area contributed by atoms with E-state index >= 15 is 0 Å². The van der Waals surface area contributed by atoms with Gasteiger partial charge >= 0.3 is 0 Å². The first-order chi connectivity index (χ1) is 12.8. The molecule has 0 spiro atoms. The van der Waals surface area contributed by atoms with E-state index in [1.54, 1.807) is 0 Å². The van der Waals surface area contributed by atoms with Crippen molar-refractivity contribution in [2.75, 3.05) is 0 Å². The third-order valence-electron chi connectivity index (χ3n) is 4.76. The summed E-state index contributed by atoms with van der Waals surface area (Å²) in [7, 11) is 0. The molecule has 0 N–H and O–H groups in total. The maximum Gasteiger partial charge on any atom is 0.0406 e. The molecule has 0 bridgehead atoms. The van der Waals surface area contributed by atoms with Crippen molar-refractivity contribution in [2.24, 2.45) is 0 Å². The topological polar surface area (TPSA) is 0 Å². The second kappa shape index (κ2) is 6.28. The Bertz CT molecular complexity index is 1220. The molecule has 0 aliphatic rings. The Kier molecular flexibility index (Phi) is 3.77. The van der Waals surface area contributed by atoms with Crippen LogP contribution in [0.25, 0.3) is 42.4 Å². The Morgan fingerprint density at radius 3 is 2.15 bits per heavy atom. The number of thiophene rings is 1. The van der Waals surface area contributed by atoms with Gasteiger partial charge in [0.25, 0.3) is 0 Å². The SMILES string of the molecule is Clc1ccc(-c2cccc3sc4ccc(-c5ccccc5)cc4c23)cc1. The highest BCUT2D eigenvalue weighted by atomic mass is 35.5. The Balaban J connectivity index is 1.80. The molecule has 0 fully saturated rings. The zero-order chi connectivity index (χ0) is 17.5. The molecule has 0 unspecified atom stereocenters. The van der Waals surface area contributed by atoms with Crippen LogP contribution < -0.4 is 0 Å². The number of benzene rings is 4. The number of hydrogen-bond acceptors (Lipinski definition) is 1. The lowest BCUT2D eigenvalue weighted by Gasteiger charge is -2.06. The van der Waals surface area contributed by atoms with Gasteiger partial charge in [-0.3, -0.25) is 0 Å². The fraction of sp³-hybridized carbons (Fsp3) is 0. The maximum absolute atomic E-state index is 6.08. The molecule has 2 heteroatoms. The highest BCUT2D eigenvalue weighted by Crippen LogP contribution is 2.41. The van der Waals surface area contributed by atoms with E-state index in [1.807, 2.05) is 23.5 Å². The van der Waals surface area contributed by atoms with Crippen molar-refractivity contribution in [2.45, 2.75) is 0 Å². The van der Waals surface area contributed by atoms with E-state index < -0.39 is 0 Å². The molecule has 26 heavy (non-hydrogen) atoms. The molecule has 124 valence electrons. The van der Waals surface area contributed by atoms with Crippen molar-refractivity contribution in [3.63, 3.8) is 0 Å². The molecule has 0 nitrogen and oxygen atoms in total. The Morgan fingerprint density at radius 1 is 0.577 bits per heavy atom. The first kappa shape index (κ1) is 15.6. The van der Waals surface area contributed by atoms with Crippen molar-refractivity contribution < 1.29 is 0 Å². The molecule has 5 aromatic rings. The van der Waals surface area contributed by atoms with Crippen LogP contribution in [0.5, 0.6) is 0 Å². The van der Waals surface area contributed by atoms with Gasteiger partial charge in [-0.2, -0.15) is 0 Å². The maximum atomic E-state index is 6.08. The largest absolute Gasteiger partial charge is 0.135 e. The summed E-state index contributed by atoms with van der Waals surface area (Å²) in [5.41, 5.74) is 4.96. The summed E-state index contributed by atoms with van der Waals surface area (Å²) in [6, 6.07) is 32.0. The molecular weight excluding hydrogens is 356 g/mol. The second-order valence-electron chi connectivity index (χ2n) is 6.36. The van der Waals surface area contributed by atoms with Crippen LogP contribution in [0.15, 0.2) is 91.0 Å². The Morgan fingerprint density at radius 2 is 1.35 bits per heavy atom. The summed E-state index contributed by atoms with van der Waals surface area (Å²) in [5, 5.41) is 3.41. The van der Waals surface area contributed by atoms with Crippen LogP contribution in [0.4, 0.5) is 0 Å². The number of hydrogen-bond donors (Lipinski definition) is 0. The zero-order valence-electron chi connectivity index (χ0n) is 13.9. The second-order valence-corrected chi connectivity index (χ2v) is 7.88. The molecule has 1 heterocycles. The van der Waals surface area contributed by atoms with Crippen molar-refractivity contribution in [1.29, 1.82) is 0 Å². The van der Waals surface area contributed by atoms with E-state index in [4.69, 9.17) is 11.6 Å². The van der Waals surface area contributed by atoms with Crippen LogP contribution >= 0.6 is 22.9 Å². The van der Waals surface area contributed by atoms with Crippen molar-refractivity contribution in [3.8, 4) is 22.3 Å². The van der Waals surface area contributed by atoms with E-state index in [2.05, 4.69) is 78.9 Å². The van der Waals surface area contributed by atoms with Gasteiger partial charge in [0.1, 0.15) is 0 Å². The fourth-order valence-corrected chi connectivity index (χ4v) is 4.75. The molecule has 1 aromatic heterocycles. The van der Waals surface area contributed by atoms with E-state index in [0.717, 1.165) is 5.02 Å². The van der Waals surface area contributed by atoms with E-state index in [-0.39, 0.29) is 0 Å². The third kappa shape index (κ3) is 2.61. The summed E-state index contributed by atoms with van der Waals surface area (Å²) in [5.74, 6) is 0. The normalized spacial score (nSPS) is 11.3. The third-order valence-corrected chi connectivity index (χ3v) is 6.15. The van der Waals surface area contributed by atoms with Gasteiger partial charge in [-0.05, 0) is 52.6 Å². The van der Waals surface area contributed by atoms with E-state index in [1.165, 1.54) is 42.4 Å². The van der Waals surface area contributed by atoms with Gasteiger partial charge in [0.05, 0.1) is 0 Å². The molecule has 0 saturated carbocycles. The molecule has 0 atom stereocenters. The van der Waals surface area contributed by atoms with Crippen molar-refractivity contribution in [1.82, 2.24) is 0 Å². The van der Waals surface area contributed by atoms with Gasteiger partial charge in [-0.1, -0.05) is 72.3 Å². The summed E-state index contributed by atoms with van der Waals surface area (Å²) in [4.78, 5) is 0. The quantitative estimate of drug-likeness (QED) is 0.295. The molecule has 0 saturated heterocycles. The smallest absolute Gasteiger partial charge is 0.0406 e. The van der Waals surface area contributed by atoms with Crippen LogP contribution in [-0.2, 0) is 0 Å². The minimum Gasteiger partial charge on any atom is -0.135 e. The highest BCUT2D eigenvalue weighted by molar-refractivity contribution is 7.25. The predicted octanol–water partition coefficient (Wildman–Crippen LogP) is 8.04. The monoisotopic (exact) mass is 370 g/mol. The van der Waals surface area contributed by atoms with Gasteiger partial charge in [0.2, 0.25) is 0 Å². The van der Waals surface area contributed by atoms with Crippen LogP contribution in [0.1, 0.15) is 0 Å². The molecule has 0 radical (unpaired) electrons. The van der Waals surface area contributed by atoms with Crippen LogP contribution in [0, 0.1) is 0 Å². The lowest BCUT2D eigenvalue weighted by atomic mass is 9.97. The molecule has 0 amide bonds. The number of fused-ring (bicyclic) bond motifs is 3. The van der Waals surface area contributed by atoms with Crippen LogP contribution in [-0.4, -0.2) is 0 Å². The van der Waals surface area contributed by atoms with Gasteiger partial charge < -0.3 is 0 Å². The minimum atomic E-state index is 0.766. The van der Waals surface area contributed by atoms with E-state index in [0.29, 0.717) is 0 Å². The minimum absolute atomic E-state index is 0.766. The number of rotatable bonds is 2. The zero-order valence-corrected chi connectivity index (χ0v) is 15.5. The number of halogens is 1. The van der Waals surface area contributed by atoms with Crippen LogP contribution in [0.3, 0.4) is 0 Å². The summed E-state index contributed by atoms with van der Waals surface area (Å²) < 4.78 is 2.64. The standard InChI is InChI=1S/C24H15ClS/c25-19-12-9-17(10-13-19)20-7-4-8-23-24(20)21-15-18(11-14-22(21)26-23)16-5-2-1-3-6-16/h1-15H. The van der Waals surface area contributed by atoms with Crippen molar-refractivity contribution in [3.05, 3.63) is 96.0 Å². The first-order valence-corrected chi connectivity index (χ1v) is 9.76. The molecule has 5 rings (SSSR count). The summed E-state index contributed by atoms with van der Waals surface area (Å²) in [6.45, 7) is 0. The Labute approximate surface area is 161 Å². The molecule has 0 aliphatic heterocycles. The van der Waals surface area contributed by atoms with Gasteiger partial charge in [-0.15, -0.1) is 11.3 Å². The summed E-state index contributed by atoms with van der Waals surface area (Å²) >= 11 is 7.93. The lowest BCUT2D eigenvalue weighted by molar-refractivity contribution is 1.65. The van der Waals surface area contributed by atoms with E-state index in [9.17, 15) is 0 Å². The fourth-order valence-electron chi connectivity index (χ4n) is 3.51. The van der Waals surface area contributed by atoms with Gasteiger partial charge in [0, 0.05) is 25.2 Å². The van der Waals surface area contributed by atoms with Gasteiger partial charge in [0.15, 0.2) is 0 Å². The lowest BCUT2D eigenvalue weighted by Crippen LogP contribution is -1.80. The average Bonchev–Trinajstić information content (AvgIpc) is 3.07. The average molecular weight is 371 g/mol. The predicted molar refractivity (Wildman–Crippen MR) is 115 cm³/mol. The Hall–Kier alpha value is -2.61. The highest BCUT2D eigenvalue weighted by Gasteiger charge is 2.12. The first-order valence-electron chi connectivity index (χ1n) is 8.56. The summed E-state index contributed by atoms with van der Waals surface area (Å²) in [6.07, 6.45) is 0. The molecule has 0 aliphatic carbocycles. The van der Waals surface area contributed by atoms with Crippen molar-refractivity contribution >= 4 is 43.1 Å². The molecular formula is C24H15ClS. The van der Waals surface area contributed by atoms with Gasteiger partial charge in [-0.25, -0.2) is 0 Å². The molecule has 4 aromatic carbocycles. The van der Waals surface area contributed by atoms with Crippen LogP contribution in [0.2, 0.25) is 5.02 Å².